The van der Waals surface area contributed by atoms with Gasteiger partial charge in [-0.25, -0.2) is 0 Å². The Labute approximate surface area is 241 Å². The maximum Gasteiger partial charge on any atom is 0.522 e. The molecule has 1 aromatic carbocycles. The maximum absolute atomic E-state index is 13.6. The van der Waals surface area contributed by atoms with Crippen molar-refractivity contribution in [1.29, 1.82) is 0 Å². The zero-order valence-electron chi connectivity index (χ0n) is 23.8. The van der Waals surface area contributed by atoms with Crippen LogP contribution in [-0.4, -0.2) is 58.2 Å². The van der Waals surface area contributed by atoms with Crippen LogP contribution in [0.15, 0.2) is 40.0 Å². The molecule has 0 radical (unpaired) electrons. The Hall–Kier alpha value is -2.76. The van der Waals surface area contributed by atoms with Gasteiger partial charge < -0.3 is 14.9 Å². The third kappa shape index (κ3) is 6.22. The number of hydrogen-bond acceptors (Lipinski definition) is 5. The average Bonchev–Trinajstić information content (AvgIpc) is 3.20. The summed E-state index contributed by atoms with van der Waals surface area (Å²) < 4.78 is 43.9. The van der Waals surface area contributed by atoms with Crippen LogP contribution < -0.4 is 10.9 Å². The summed E-state index contributed by atoms with van der Waals surface area (Å²) in [5, 5.41) is 3.87. The second-order valence-electron chi connectivity index (χ2n) is 11.3. The molecule has 1 saturated carbocycles. The molecule has 1 atom stereocenters. The van der Waals surface area contributed by atoms with Gasteiger partial charge in [-0.05, 0) is 70.8 Å². The van der Waals surface area contributed by atoms with Crippen molar-refractivity contribution in [3.63, 3.8) is 0 Å². The lowest BCUT2D eigenvalue weighted by atomic mass is 9.80. The smallest absolute Gasteiger partial charge is 0.348 e. The number of ether oxygens (including phenoxy) is 1. The number of nitrogens with one attached hydrogen (secondary N) is 2. The SMILES string of the molecule is CSc1cc(C)[nH]c(=O)c1CNC(=O)c1c(C)n([C@H](C)C2CCC(N3CC(OC(F)(F)F)C3)CC2)c2ccccc12. The number of fused-ring (bicyclic) bond motifs is 1. The lowest BCUT2D eigenvalue weighted by Crippen LogP contribution is -2.58. The Kier molecular flexibility index (Phi) is 8.59. The first-order valence-corrected chi connectivity index (χ1v) is 15.3. The van der Waals surface area contributed by atoms with E-state index in [4.69, 9.17) is 0 Å². The number of nitrogens with zero attached hydrogens (tertiary/aromatic N) is 2. The summed E-state index contributed by atoms with van der Waals surface area (Å²) in [6.07, 6.45) is 0.371. The van der Waals surface area contributed by atoms with Gasteiger partial charge in [0, 0.05) is 64.5 Å². The molecule has 11 heteroatoms. The summed E-state index contributed by atoms with van der Waals surface area (Å²) in [5.74, 6) is 0.171. The van der Waals surface area contributed by atoms with Crippen LogP contribution in [0, 0.1) is 19.8 Å². The molecule has 2 aliphatic rings. The number of alkyl halides is 3. The normalized spacial score (nSPS) is 21.1. The maximum atomic E-state index is 13.6. The largest absolute Gasteiger partial charge is 0.522 e. The number of halogens is 3. The van der Waals surface area contributed by atoms with Crippen LogP contribution in [0.1, 0.15) is 66.0 Å². The molecule has 1 aliphatic heterocycles. The Morgan fingerprint density at radius 3 is 2.51 bits per heavy atom. The van der Waals surface area contributed by atoms with Gasteiger partial charge in [0.25, 0.3) is 11.5 Å². The minimum Gasteiger partial charge on any atom is -0.348 e. The van der Waals surface area contributed by atoms with E-state index in [2.05, 4.69) is 31.4 Å². The molecule has 7 nitrogen and oxygen atoms in total. The molecular formula is C30H37F3N4O3S. The number of benzene rings is 1. The highest BCUT2D eigenvalue weighted by Crippen LogP contribution is 2.40. The Morgan fingerprint density at radius 1 is 1.17 bits per heavy atom. The second kappa shape index (κ2) is 11.9. The highest BCUT2D eigenvalue weighted by Gasteiger charge is 2.42. The number of carbonyl (C=O) groups excluding carboxylic acids is 1. The zero-order chi connectivity index (χ0) is 29.5. The number of likely N-dealkylation sites (tertiary alicyclic amines) is 1. The molecule has 41 heavy (non-hydrogen) atoms. The number of amides is 1. The van der Waals surface area contributed by atoms with Crippen LogP contribution in [0.5, 0.6) is 0 Å². The van der Waals surface area contributed by atoms with E-state index in [-0.39, 0.29) is 30.1 Å². The number of aryl methyl sites for hydroxylation is 1. The highest BCUT2D eigenvalue weighted by molar-refractivity contribution is 7.98. The van der Waals surface area contributed by atoms with Gasteiger partial charge in [-0.2, -0.15) is 0 Å². The van der Waals surface area contributed by atoms with Gasteiger partial charge in [0.2, 0.25) is 0 Å². The molecule has 0 spiro atoms. The third-order valence-corrected chi connectivity index (χ3v) is 9.59. The molecule has 0 unspecified atom stereocenters. The van der Waals surface area contributed by atoms with E-state index in [1.807, 2.05) is 50.4 Å². The van der Waals surface area contributed by atoms with Crippen LogP contribution in [0.25, 0.3) is 10.9 Å². The Balaban J connectivity index is 1.29. The Morgan fingerprint density at radius 2 is 1.85 bits per heavy atom. The van der Waals surface area contributed by atoms with E-state index in [0.29, 0.717) is 30.1 Å². The number of carbonyl (C=O) groups is 1. The predicted molar refractivity (Wildman–Crippen MR) is 154 cm³/mol. The van der Waals surface area contributed by atoms with Gasteiger partial charge in [0.05, 0.1) is 11.7 Å². The number of para-hydroxylation sites is 1. The molecule has 1 amide bonds. The van der Waals surface area contributed by atoms with E-state index in [9.17, 15) is 22.8 Å². The van der Waals surface area contributed by atoms with Crippen LogP contribution in [0.4, 0.5) is 13.2 Å². The molecule has 2 aromatic heterocycles. The fourth-order valence-electron chi connectivity index (χ4n) is 6.69. The number of H-pyrrole nitrogens is 1. The molecule has 2 N–H and O–H groups in total. The summed E-state index contributed by atoms with van der Waals surface area (Å²) in [4.78, 5) is 32.0. The quantitative estimate of drug-likeness (QED) is 0.318. The minimum atomic E-state index is -4.58. The first kappa shape index (κ1) is 29.7. The van der Waals surface area contributed by atoms with E-state index >= 15 is 0 Å². The fourth-order valence-corrected chi connectivity index (χ4v) is 7.39. The molecule has 3 aromatic rings. The molecule has 0 bridgehead atoms. The number of thioether (sulfide) groups is 1. The zero-order valence-corrected chi connectivity index (χ0v) is 24.6. The van der Waals surface area contributed by atoms with Gasteiger partial charge in [-0.15, -0.1) is 24.9 Å². The van der Waals surface area contributed by atoms with Crippen molar-refractivity contribution in [2.45, 2.75) is 82.4 Å². The van der Waals surface area contributed by atoms with E-state index in [1.165, 1.54) is 11.8 Å². The van der Waals surface area contributed by atoms with Gasteiger partial charge in [-0.3, -0.25) is 19.2 Å². The second-order valence-corrected chi connectivity index (χ2v) is 12.2. The molecule has 5 rings (SSSR count). The summed E-state index contributed by atoms with van der Waals surface area (Å²) in [6.45, 7) is 6.80. The van der Waals surface area contributed by atoms with Gasteiger partial charge >= 0.3 is 6.36 Å². The van der Waals surface area contributed by atoms with Crippen LogP contribution in [-0.2, 0) is 11.3 Å². The van der Waals surface area contributed by atoms with Crippen molar-refractivity contribution >= 4 is 28.6 Å². The standard InChI is InChI=1S/C30H37F3N4O3S/c1-17-13-26(41-4)24(28(38)35-17)14-34-29(39)27-19(3)37(25-8-6-5-7-23(25)27)18(2)20-9-11-21(12-10-20)36-15-22(16-36)40-30(31,32)33/h5-8,13,18,20-22H,9-12,14-16H2,1-4H3,(H,34,39)(H,35,38)/t18-,20?,21?/m1/s1. The van der Waals surface area contributed by atoms with Crippen molar-refractivity contribution in [3.8, 4) is 0 Å². The number of hydrogen-bond donors (Lipinski definition) is 2. The third-order valence-electron chi connectivity index (χ3n) is 8.78. The highest BCUT2D eigenvalue weighted by atomic mass is 32.2. The van der Waals surface area contributed by atoms with Gasteiger partial charge in [0.1, 0.15) is 0 Å². The summed E-state index contributed by atoms with van der Waals surface area (Å²) in [6, 6.07) is 10.2. The van der Waals surface area contributed by atoms with Crippen molar-refractivity contribution in [2.24, 2.45) is 5.92 Å². The topological polar surface area (TPSA) is 79.4 Å². The first-order valence-electron chi connectivity index (χ1n) is 14.1. The van der Waals surface area contributed by atoms with Crippen LogP contribution in [0.3, 0.4) is 0 Å². The average molecular weight is 591 g/mol. The monoisotopic (exact) mass is 590 g/mol. The van der Waals surface area contributed by atoms with Crippen molar-refractivity contribution in [2.75, 3.05) is 19.3 Å². The number of aromatic nitrogens is 2. The number of rotatable bonds is 8. The first-order chi connectivity index (χ1) is 19.5. The van der Waals surface area contributed by atoms with Gasteiger partial charge in [-0.1, -0.05) is 18.2 Å². The van der Waals surface area contributed by atoms with E-state index in [0.717, 1.165) is 52.9 Å². The van der Waals surface area contributed by atoms with Crippen molar-refractivity contribution < 1.29 is 22.7 Å². The van der Waals surface area contributed by atoms with Crippen LogP contribution >= 0.6 is 11.8 Å². The molecule has 222 valence electrons. The molecule has 3 heterocycles. The summed E-state index contributed by atoms with van der Waals surface area (Å²) in [5.41, 5.74) is 3.63. The van der Waals surface area contributed by atoms with Crippen molar-refractivity contribution in [1.82, 2.24) is 19.8 Å². The van der Waals surface area contributed by atoms with Gasteiger partial charge in [0.15, 0.2) is 0 Å². The van der Waals surface area contributed by atoms with E-state index in [1.54, 1.807) is 0 Å². The molecular weight excluding hydrogens is 553 g/mol. The number of pyridine rings is 1. The lowest BCUT2D eigenvalue weighted by molar-refractivity contribution is -0.356. The molecule has 2 fully saturated rings. The van der Waals surface area contributed by atoms with Crippen molar-refractivity contribution in [3.05, 3.63) is 63.2 Å². The predicted octanol–water partition coefficient (Wildman–Crippen LogP) is 5.94. The lowest BCUT2D eigenvalue weighted by Gasteiger charge is -2.46. The van der Waals surface area contributed by atoms with Crippen LogP contribution in [0.2, 0.25) is 0 Å². The Bertz CT molecular complexity index is 1470. The molecule has 1 saturated heterocycles. The summed E-state index contributed by atoms with van der Waals surface area (Å²) in [7, 11) is 0. The van der Waals surface area contributed by atoms with E-state index < -0.39 is 12.5 Å². The molecule has 1 aliphatic carbocycles. The summed E-state index contributed by atoms with van der Waals surface area (Å²) >= 11 is 1.48. The number of aromatic amines is 1. The minimum absolute atomic E-state index is 0.133. The fraction of sp³-hybridized carbons (Fsp3) is 0.533.